The van der Waals surface area contributed by atoms with Crippen molar-refractivity contribution in [3.05, 3.63) is 33.6 Å². The molecule has 0 bridgehead atoms. The first kappa shape index (κ1) is 12.0. The van der Waals surface area contributed by atoms with E-state index in [9.17, 15) is 0 Å². The van der Waals surface area contributed by atoms with E-state index in [1.54, 1.807) is 0 Å². The molecule has 0 saturated carbocycles. The quantitative estimate of drug-likeness (QED) is 0.801. The average molecular weight is 305 g/mol. The molecule has 3 heteroatoms. The van der Waals surface area contributed by atoms with Crippen LogP contribution >= 0.6 is 15.9 Å². The Labute approximate surface area is 116 Å². The average Bonchev–Trinajstić information content (AvgIpc) is 2.73. The Bertz CT molecular complexity index is 598. The van der Waals surface area contributed by atoms with Gasteiger partial charge >= 0.3 is 0 Å². The van der Waals surface area contributed by atoms with Crippen LogP contribution in [0.2, 0.25) is 0 Å². The van der Waals surface area contributed by atoms with E-state index in [-0.39, 0.29) is 0 Å². The lowest BCUT2D eigenvalue weighted by Crippen LogP contribution is -1.96. The minimum Gasteiger partial charge on any atom is -0.338 e. The van der Waals surface area contributed by atoms with Gasteiger partial charge in [0.25, 0.3) is 0 Å². The summed E-state index contributed by atoms with van der Waals surface area (Å²) >= 11 is 3.70. The third-order valence-electron chi connectivity index (χ3n) is 3.78. The van der Waals surface area contributed by atoms with Crippen LogP contribution in [0.25, 0.3) is 16.6 Å². The number of halogens is 1. The van der Waals surface area contributed by atoms with Crippen molar-refractivity contribution in [2.75, 3.05) is 0 Å². The molecule has 1 aromatic carbocycles. The van der Waals surface area contributed by atoms with Gasteiger partial charge in [-0.15, -0.1) is 0 Å². The Balaban J connectivity index is 2.13. The molecule has 0 atom stereocenters. The van der Waals surface area contributed by atoms with Gasteiger partial charge in [-0.25, -0.2) is 4.98 Å². The fourth-order valence-electron chi connectivity index (χ4n) is 2.53. The van der Waals surface area contributed by atoms with Crippen molar-refractivity contribution in [3.63, 3.8) is 0 Å². The number of hydrogen-bond donors (Lipinski definition) is 1. The van der Waals surface area contributed by atoms with Gasteiger partial charge in [-0.3, -0.25) is 0 Å². The zero-order valence-electron chi connectivity index (χ0n) is 10.8. The minimum absolute atomic E-state index is 1.04. The van der Waals surface area contributed by atoms with Gasteiger partial charge in [-0.05, 0) is 62.8 Å². The molecule has 2 aromatic rings. The van der Waals surface area contributed by atoms with Crippen LogP contribution in [0.1, 0.15) is 42.6 Å². The Kier molecular flexibility index (Phi) is 3.02. The van der Waals surface area contributed by atoms with Crippen LogP contribution < -0.4 is 0 Å². The Morgan fingerprint density at radius 3 is 2.61 bits per heavy atom. The molecule has 0 amide bonds. The smallest absolute Gasteiger partial charge is 0.135 e. The molecule has 1 aromatic heterocycles. The van der Waals surface area contributed by atoms with Crippen LogP contribution in [0.3, 0.4) is 0 Å². The molecule has 94 valence electrons. The fraction of sp³-hybridized carbons (Fsp3) is 0.400. The molecule has 3 rings (SSSR count). The summed E-state index contributed by atoms with van der Waals surface area (Å²) in [4.78, 5) is 8.21. The van der Waals surface area contributed by atoms with Crippen molar-refractivity contribution in [1.29, 1.82) is 0 Å². The molecule has 0 unspecified atom stereocenters. The molecule has 18 heavy (non-hydrogen) atoms. The largest absolute Gasteiger partial charge is 0.338 e. The number of aromatic nitrogens is 2. The van der Waals surface area contributed by atoms with Gasteiger partial charge in [0.1, 0.15) is 5.82 Å². The molecular weight excluding hydrogens is 288 g/mol. The van der Waals surface area contributed by atoms with Crippen molar-refractivity contribution in [3.8, 4) is 0 Å². The second-order valence-electron chi connectivity index (χ2n) is 5.13. The van der Waals surface area contributed by atoms with E-state index in [1.165, 1.54) is 34.0 Å². The number of nitrogens with one attached hydrogen (secondary N) is 1. The van der Waals surface area contributed by atoms with Crippen molar-refractivity contribution in [2.45, 2.75) is 39.5 Å². The van der Waals surface area contributed by atoms with Crippen molar-refractivity contribution in [2.24, 2.45) is 0 Å². The number of imidazole rings is 1. The van der Waals surface area contributed by atoms with E-state index >= 15 is 0 Å². The molecule has 0 aliphatic heterocycles. The van der Waals surface area contributed by atoms with Gasteiger partial charge in [0.05, 0.1) is 11.0 Å². The number of nitrogens with zero attached hydrogens (tertiary/aromatic N) is 1. The maximum absolute atomic E-state index is 4.75. The number of allylic oxidation sites excluding steroid dienone is 2. The summed E-state index contributed by atoms with van der Waals surface area (Å²) in [6.07, 6.45) is 4.81. The first-order chi connectivity index (χ1) is 8.65. The number of H-pyrrole nitrogens is 1. The lowest BCUT2D eigenvalue weighted by atomic mass is 9.99. The topological polar surface area (TPSA) is 28.7 Å². The standard InChI is InChI=1S/C15H17BrN2/c1-9-7-13-14(8-10(9)2)18-15(17-13)11-5-3-4-6-12(11)16/h7-8H,3-6H2,1-2H3,(H,17,18). The van der Waals surface area contributed by atoms with Gasteiger partial charge < -0.3 is 4.98 Å². The second kappa shape index (κ2) is 4.54. The highest BCUT2D eigenvalue weighted by molar-refractivity contribution is 9.11. The highest BCUT2D eigenvalue weighted by Gasteiger charge is 2.16. The molecule has 0 fully saturated rings. The third kappa shape index (κ3) is 2.01. The zero-order chi connectivity index (χ0) is 12.7. The maximum Gasteiger partial charge on any atom is 0.135 e. The summed E-state index contributed by atoms with van der Waals surface area (Å²) in [6.45, 7) is 4.28. The number of benzene rings is 1. The van der Waals surface area contributed by atoms with Gasteiger partial charge in [-0.2, -0.15) is 0 Å². The lowest BCUT2D eigenvalue weighted by molar-refractivity contribution is 0.733. The van der Waals surface area contributed by atoms with E-state index < -0.39 is 0 Å². The molecule has 2 nitrogen and oxygen atoms in total. The van der Waals surface area contributed by atoms with E-state index in [0.717, 1.165) is 29.7 Å². The van der Waals surface area contributed by atoms with Crippen LogP contribution in [0.15, 0.2) is 16.6 Å². The molecule has 1 aliphatic carbocycles. The number of fused-ring (bicyclic) bond motifs is 1. The molecule has 1 N–H and O–H groups in total. The van der Waals surface area contributed by atoms with Crippen LogP contribution in [-0.2, 0) is 0 Å². The van der Waals surface area contributed by atoms with E-state index in [2.05, 4.69) is 46.9 Å². The number of aryl methyl sites for hydroxylation is 2. The Morgan fingerprint density at radius 2 is 1.83 bits per heavy atom. The van der Waals surface area contributed by atoms with Crippen molar-refractivity contribution in [1.82, 2.24) is 9.97 Å². The summed E-state index contributed by atoms with van der Waals surface area (Å²) < 4.78 is 1.32. The minimum atomic E-state index is 1.04. The summed E-state index contributed by atoms with van der Waals surface area (Å²) in [7, 11) is 0. The summed E-state index contributed by atoms with van der Waals surface area (Å²) in [5.41, 5.74) is 6.19. The highest BCUT2D eigenvalue weighted by Crippen LogP contribution is 2.35. The highest BCUT2D eigenvalue weighted by atomic mass is 79.9. The van der Waals surface area contributed by atoms with Gasteiger partial charge in [0.15, 0.2) is 0 Å². The van der Waals surface area contributed by atoms with Crippen LogP contribution in [0, 0.1) is 13.8 Å². The summed E-state index contributed by atoms with van der Waals surface area (Å²) in [5, 5.41) is 0. The molecular formula is C15H17BrN2. The van der Waals surface area contributed by atoms with Crippen LogP contribution in [0.5, 0.6) is 0 Å². The predicted octanol–water partition coefficient (Wildman–Crippen LogP) is 4.86. The molecule has 0 spiro atoms. The Morgan fingerprint density at radius 1 is 1.11 bits per heavy atom. The SMILES string of the molecule is Cc1cc2nc(C3=C(Br)CCCC3)[nH]c2cc1C. The number of rotatable bonds is 1. The first-order valence-electron chi connectivity index (χ1n) is 6.50. The van der Waals surface area contributed by atoms with Gasteiger partial charge in [0.2, 0.25) is 0 Å². The third-order valence-corrected chi connectivity index (χ3v) is 4.66. The second-order valence-corrected chi connectivity index (χ2v) is 6.09. The molecule has 1 aliphatic rings. The predicted molar refractivity (Wildman–Crippen MR) is 79.9 cm³/mol. The zero-order valence-corrected chi connectivity index (χ0v) is 12.4. The molecule has 1 heterocycles. The van der Waals surface area contributed by atoms with Crippen LogP contribution in [0.4, 0.5) is 0 Å². The lowest BCUT2D eigenvalue weighted by Gasteiger charge is -2.13. The number of aromatic amines is 1. The molecule has 0 radical (unpaired) electrons. The molecule has 0 saturated heterocycles. The van der Waals surface area contributed by atoms with Crippen LogP contribution in [-0.4, -0.2) is 9.97 Å². The van der Waals surface area contributed by atoms with E-state index in [0.29, 0.717) is 0 Å². The fourth-order valence-corrected chi connectivity index (χ4v) is 3.19. The van der Waals surface area contributed by atoms with Gasteiger partial charge in [-0.1, -0.05) is 15.9 Å². The van der Waals surface area contributed by atoms with E-state index in [4.69, 9.17) is 4.98 Å². The Hall–Kier alpha value is -1.09. The monoisotopic (exact) mass is 304 g/mol. The normalized spacial score (nSPS) is 16.6. The maximum atomic E-state index is 4.75. The van der Waals surface area contributed by atoms with E-state index in [1.807, 2.05) is 0 Å². The summed E-state index contributed by atoms with van der Waals surface area (Å²) in [6, 6.07) is 4.36. The van der Waals surface area contributed by atoms with Gasteiger partial charge in [0, 0.05) is 10.1 Å². The summed E-state index contributed by atoms with van der Waals surface area (Å²) in [5.74, 6) is 1.04. The first-order valence-corrected chi connectivity index (χ1v) is 7.29. The van der Waals surface area contributed by atoms with Crippen molar-refractivity contribution < 1.29 is 0 Å². The van der Waals surface area contributed by atoms with Crippen molar-refractivity contribution >= 4 is 32.5 Å². The number of hydrogen-bond acceptors (Lipinski definition) is 1.